The third kappa shape index (κ3) is 3.41. The van der Waals surface area contributed by atoms with Gasteiger partial charge in [-0.2, -0.15) is 0 Å². The van der Waals surface area contributed by atoms with Crippen LogP contribution in [0.3, 0.4) is 0 Å². The van der Waals surface area contributed by atoms with Crippen molar-refractivity contribution in [3.63, 3.8) is 0 Å². The van der Waals surface area contributed by atoms with Crippen molar-refractivity contribution in [2.45, 2.75) is 72.2 Å². The molecule has 1 N–H and O–H groups in total. The Morgan fingerprint density at radius 1 is 1.21 bits per heavy atom. The summed E-state index contributed by atoms with van der Waals surface area (Å²) in [6.07, 6.45) is 7.76. The van der Waals surface area contributed by atoms with Crippen LogP contribution in [0.5, 0.6) is 5.75 Å². The Morgan fingerprint density at radius 3 is 2.82 bits per heavy atom. The summed E-state index contributed by atoms with van der Waals surface area (Å²) in [5.74, 6) is 2.58. The number of hydrogen-bond donors (Lipinski definition) is 1. The lowest BCUT2D eigenvalue weighted by atomic mass is 9.45. The molecule has 5 nitrogen and oxygen atoms in total. The zero-order chi connectivity index (χ0) is 19.9. The van der Waals surface area contributed by atoms with E-state index in [0.717, 1.165) is 19.4 Å². The summed E-state index contributed by atoms with van der Waals surface area (Å²) in [6.45, 7) is 10.8. The zero-order valence-corrected chi connectivity index (χ0v) is 17.7. The molecule has 0 amide bonds. The number of rotatable bonds is 4. The van der Waals surface area contributed by atoms with E-state index in [1.165, 1.54) is 25.3 Å². The van der Waals surface area contributed by atoms with E-state index in [-0.39, 0.29) is 22.7 Å². The van der Waals surface area contributed by atoms with E-state index in [0.29, 0.717) is 36.2 Å². The van der Waals surface area contributed by atoms with Crippen molar-refractivity contribution in [3.8, 4) is 5.75 Å². The number of nitrogens with one attached hydrogen (secondary N) is 1. The van der Waals surface area contributed by atoms with Crippen molar-refractivity contribution in [3.05, 3.63) is 28.7 Å². The molecule has 0 radical (unpaired) electrons. The van der Waals surface area contributed by atoms with Crippen molar-refractivity contribution in [1.82, 2.24) is 4.98 Å². The Labute approximate surface area is 168 Å². The molecule has 2 saturated carbocycles. The van der Waals surface area contributed by atoms with Gasteiger partial charge in [0.25, 0.3) is 5.56 Å². The second kappa shape index (κ2) is 7.49. The van der Waals surface area contributed by atoms with Crippen LogP contribution in [0.1, 0.15) is 59.8 Å². The van der Waals surface area contributed by atoms with E-state index in [9.17, 15) is 4.79 Å². The van der Waals surface area contributed by atoms with Crippen molar-refractivity contribution in [2.24, 2.45) is 28.6 Å². The van der Waals surface area contributed by atoms with Gasteiger partial charge < -0.3 is 19.2 Å². The highest BCUT2D eigenvalue weighted by Crippen LogP contribution is 2.63. The summed E-state index contributed by atoms with van der Waals surface area (Å²) in [5.41, 5.74) is 0.271. The molecule has 156 valence electrons. The molecule has 1 aromatic rings. The molecule has 7 atom stereocenters. The molecular formula is C23H35NO4. The lowest BCUT2D eigenvalue weighted by molar-refractivity contribution is -0.301. The topological polar surface area (TPSA) is 60.6 Å². The predicted molar refractivity (Wildman–Crippen MR) is 108 cm³/mol. The van der Waals surface area contributed by atoms with Gasteiger partial charge in [-0.05, 0) is 61.8 Å². The molecule has 2 heterocycles. The van der Waals surface area contributed by atoms with Gasteiger partial charge in [0.2, 0.25) is 0 Å². The number of aromatic amines is 1. The Balaban J connectivity index is 1.49. The minimum Gasteiger partial charge on any atom is -0.493 e. The third-order valence-corrected chi connectivity index (χ3v) is 8.15. The fraction of sp³-hybridized carbons (Fsp3) is 0.783. The van der Waals surface area contributed by atoms with Gasteiger partial charge in [0.15, 0.2) is 6.29 Å². The van der Waals surface area contributed by atoms with Crippen LogP contribution < -0.4 is 10.3 Å². The predicted octanol–water partition coefficient (Wildman–Crippen LogP) is 4.37. The monoisotopic (exact) mass is 389 g/mol. The molecule has 1 saturated heterocycles. The molecular weight excluding hydrogens is 354 g/mol. The summed E-state index contributed by atoms with van der Waals surface area (Å²) < 4.78 is 18.1. The van der Waals surface area contributed by atoms with Gasteiger partial charge in [-0.25, -0.2) is 0 Å². The van der Waals surface area contributed by atoms with Crippen molar-refractivity contribution in [2.75, 3.05) is 13.2 Å². The fourth-order valence-corrected chi connectivity index (χ4v) is 6.72. The van der Waals surface area contributed by atoms with E-state index < -0.39 is 0 Å². The van der Waals surface area contributed by atoms with Gasteiger partial charge in [0.05, 0.1) is 19.3 Å². The van der Waals surface area contributed by atoms with Crippen LogP contribution in [0.25, 0.3) is 0 Å². The molecule has 3 aliphatic rings. The summed E-state index contributed by atoms with van der Waals surface area (Å²) in [6, 6.07) is 3.35. The molecule has 28 heavy (non-hydrogen) atoms. The Hall–Kier alpha value is -1.33. The van der Waals surface area contributed by atoms with Crippen LogP contribution in [-0.2, 0) is 9.47 Å². The number of pyridine rings is 1. The number of ether oxygens (including phenoxy) is 3. The highest BCUT2D eigenvalue weighted by Gasteiger charge is 2.60. The summed E-state index contributed by atoms with van der Waals surface area (Å²) in [4.78, 5) is 14.1. The quantitative estimate of drug-likeness (QED) is 0.830. The Bertz CT molecular complexity index is 748. The molecule has 0 bridgehead atoms. The Kier molecular flexibility index (Phi) is 5.34. The minimum absolute atomic E-state index is 0.0804. The van der Waals surface area contributed by atoms with Crippen LogP contribution in [0.2, 0.25) is 0 Å². The van der Waals surface area contributed by atoms with Crippen molar-refractivity contribution < 1.29 is 14.2 Å². The first-order chi connectivity index (χ1) is 13.3. The highest BCUT2D eigenvalue weighted by atomic mass is 16.7. The first-order valence-electron chi connectivity index (χ1n) is 10.9. The first kappa shape index (κ1) is 20.0. The molecule has 5 heteroatoms. The molecule has 4 rings (SSSR count). The van der Waals surface area contributed by atoms with Gasteiger partial charge in [-0.3, -0.25) is 4.79 Å². The average molecular weight is 390 g/mol. The zero-order valence-electron chi connectivity index (χ0n) is 17.7. The van der Waals surface area contributed by atoms with Gasteiger partial charge in [-0.1, -0.05) is 27.2 Å². The smallest absolute Gasteiger partial charge is 0.251 e. The SMILES string of the molecule is CC1CCC2[C@]3(C)CO[C@@H](C)O[C@@H]3CC[C@@]2(C)[C@@H]1CCOc1cc[nH]c(=O)c1. The largest absolute Gasteiger partial charge is 0.493 e. The van der Waals surface area contributed by atoms with E-state index in [2.05, 4.69) is 25.8 Å². The highest BCUT2D eigenvalue weighted by molar-refractivity contribution is 5.17. The second-order valence-electron chi connectivity index (χ2n) is 9.79. The maximum absolute atomic E-state index is 11.5. The van der Waals surface area contributed by atoms with Crippen LogP contribution in [0, 0.1) is 28.6 Å². The number of fused-ring (bicyclic) bond motifs is 3. The van der Waals surface area contributed by atoms with Crippen molar-refractivity contribution >= 4 is 0 Å². The molecule has 2 unspecified atom stereocenters. The first-order valence-corrected chi connectivity index (χ1v) is 10.9. The lowest BCUT2D eigenvalue weighted by Crippen LogP contribution is -2.61. The number of aromatic nitrogens is 1. The van der Waals surface area contributed by atoms with E-state index in [4.69, 9.17) is 14.2 Å². The molecule has 1 aliphatic heterocycles. The standard InChI is InChI=1S/C23H35NO4/c1-15-5-6-19-22(3,10-7-20-23(19,4)14-27-16(2)28-20)18(15)9-12-26-17-8-11-24-21(25)13-17/h8,11,13,15-16,18-20H,5-7,9-10,12,14H2,1-4H3,(H,24,25)/t15?,16-,18-,19?,20-,22+,23+/m1/s1. The molecule has 2 aliphatic carbocycles. The second-order valence-corrected chi connectivity index (χ2v) is 9.79. The van der Waals surface area contributed by atoms with Gasteiger partial charge in [0, 0.05) is 17.7 Å². The summed E-state index contributed by atoms with van der Waals surface area (Å²) >= 11 is 0. The van der Waals surface area contributed by atoms with Gasteiger partial charge in [-0.15, -0.1) is 0 Å². The molecule has 3 fully saturated rings. The van der Waals surface area contributed by atoms with Crippen LogP contribution in [0.4, 0.5) is 0 Å². The van der Waals surface area contributed by atoms with Crippen LogP contribution in [0.15, 0.2) is 23.1 Å². The Morgan fingerprint density at radius 2 is 2.04 bits per heavy atom. The van der Waals surface area contributed by atoms with Crippen molar-refractivity contribution in [1.29, 1.82) is 0 Å². The normalized spacial score (nSPS) is 43.1. The fourth-order valence-electron chi connectivity index (χ4n) is 6.72. The van der Waals surface area contributed by atoms with E-state index in [1.807, 2.05) is 13.0 Å². The van der Waals surface area contributed by atoms with Gasteiger partial charge in [0.1, 0.15) is 5.75 Å². The molecule has 1 aromatic heterocycles. The summed E-state index contributed by atoms with van der Waals surface area (Å²) in [7, 11) is 0. The van der Waals surface area contributed by atoms with E-state index >= 15 is 0 Å². The van der Waals surface area contributed by atoms with Gasteiger partial charge >= 0.3 is 0 Å². The van der Waals surface area contributed by atoms with E-state index in [1.54, 1.807) is 6.20 Å². The molecule has 0 spiro atoms. The summed E-state index contributed by atoms with van der Waals surface area (Å²) in [5, 5.41) is 0. The average Bonchev–Trinajstić information content (AvgIpc) is 2.65. The van der Waals surface area contributed by atoms with Crippen LogP contribution in [-0.4, -0.2) is 30.6 Å². The number of hydrogen-bond acceptors (Lipinski definition) is 4. The third-order valence-electron chi connectivity index (χ3n) is 8.15. The maximum Gasteiger partial charge on any atom is 0.251 e. The lowest BCUT2D eigenvalue weighted by Gasteiger charge is -2.63. The maximum atomic E-state index is 11.5. The molecule has 0 aromatic carbocycles. The van der Waals surface area contributed by atoms with Crippen LogP contribution >= 0.6 is 0 Å². The minimum atomic E-state index is -0.117. The number of H-pyrrole nitrogens is 1.